The van der Waals surface area contributed by atoms with Crippen molar-refractivity contribution in [3.05, 3.63) is 37.8 Å². The lowest BCUT2D eigenvalue weighted by atomic mass is 10.0. The summed E-state index contributed by atoms with van der Waals surface area (Å²) in [5, 5.41) is 2.70. The smallest absolute Gasteiger partial charge is 0.407 e. The average molecular weight is 561 g/mol. The number of carbonyl (C=O) groups is 1. The van der Waals surface area contributed by atoms with Gasteiger partial charge in [0, 0.05) is 36.3 Å². The van der Waals surface area contributed by atoms with Crippen molar-refractivity contribution >= 4 is 64.0 Å². The van der Waals surface area contributed by atoms with Crippen molar-refractivity contribution in [2.75, 3.05) is 31.3 Å². The number of amides is 1. The van der Waals surface area contributed by atoms with Crippen molar-refractivity contribution in [1.29, 1.82) is 0 Å². The summed E-state index contributed by atoms with van der Waals surface area (Å²) in [6, 6.07) is 2.86. The van der Waals surface area contributed by atoms with Gasteiger partial charge in [-0.15, -0.1) is 0 Å². The van der Waals surface area contributed by atoms with Gasteiger partial charge < -0.3 is 20.7 Å². The van der Waals surface area contributed by atoms with Crippen molar-refractivity contribution in [3.8, 4) is 0 Å². The monoisotopic (exact) mass is 560 g/mol. The molecule has 1 aromatic carbocycles. The lowest BCUT2D eigenvalue weighted by Crippen LogP contribution is -2.24. The molecule has 8 nitrogen and oxygen atoms in total. The zero-order valence-corrected chi connectivity index (χ0v) is 20.1. The predicted molar refractivity (Wildman–Crippen MR) is 128 cm³/mol. The molecule has 1 unspecified atom stereocenters. The number of hydrogen-bond acceptors (Lipinski definition) is 7. The number of ether oxygens (including phenoxy) is 1. The number of benzene rings is 1. The first-order valence-corrected chi connectivity index (χ1v) is 11.2. The quantitative estimate of drug-likeness (QED) is 0.281. The average Bonchev–Trinajstić information content (AvgIpc) is 3.15. The second-order valence-corrected chi connectivity index (χ2v) is 8.70. The number of nitrogen functional groups attached to an aromatic ring is 1. The molecule has 0 spiro atoms. The number of nitrogens with zero attached hydrogens (tertiary/aromatic N) is 4. The summed E-state index contributed by atoms with van der Waals surface area (Å²) in [5.74, 6) is 0.519. The van der Waals surface area contributed by atoms with Gasteiger partial charge in [-0.3, -0.25) is 4.99 Å². The lowest BCUT2D eigenvalue weighted by Gasteiger charge is -2.15. The van der Waals surface area contributed by atoms with E-state index in [1.807, 2.05) is 42.9 Å². The van der Waals surface area contributed by atoms with Crippen LogP contribution in [0.5, 0.6) is 0 Å². The fourth-order valence-corrected chi connectivity index (χ4v) is 3.88. The topological polar surface area (TPSA) is 106 Å². The van der Waals surface area contributed by atoms with E-state index >= 15 is 0 Å². The fourth-order valence-electron chi connectivity index (χ4n) is 3.07. The number of aliphatic imine (C=N–C) groups is 1. The number of anilines is 2. The predicted octanol–water partition coefficient (Wildman–Crippen LogP) is 4.42. The molecule has 3 rings (SSSR count). The van der Waals surface area contributed by atoms with E-state index in [2.05, 4.69) is 20.3 Å². The van der Waals surface area contributed by atoms with E-state index in [0.717, 1.165) is 24.1 Å². The Morgan fingerprint density at radius 3 is 2.87 bits per heavy atom. The third kappa shape index (κ3) is 5.73. The van der Waals surface area contributed by atoms with Crippen molar-refractivity contribution in [1.82, 2.24) is 15.3 Å². The molecule has 0 aliphatic carbocycles. The van der Waals surface area contributed by atoms with Crippen molar-refractivity contribution < 1.29 is 13.9 Å². The summed E-state index contributed by atoms with van der Waals surface area (Å²) < 4.78 is 19.2. The maximum absolute atomic E-state index is 13.4. The van der Waals surface area contributed by atoms with Gasteiger partial charge in [0.1, 0.15) is 11.5 Å². The second kappa shape index (κ2) is 10.4. The van der Waals surface area contributed by atoms with E-state index in [0.29, 0.717) is 34.1 Å². The second-order valence-electron chi connectivity index (χ2n) is 7.24. The Labute approximate surface area is 198 Å². The minimum atomic E-state index is -0.528. The zero-order chi connectivity index (χ0) is 22.5. The zero-order valence-electron chi connectivity index (χ0n) is 17.2. The first-order valence-electron chi connectivity index (χ1n) is 9.69. The first kappa shape index (κ1) is 23.5. The molecule has 0 saturated carbocycles. The molecule has 1 aromatic heterocycles. The molecule has 166 valence electrons. The van der Waals surface area contributed by atoms with E-state index in [1.54, 1.807) is 11.0 Å². The van der Waals surface area contributed by atoms with E-state index in [1.165, 1.54) is 6.07 Å². The van der Waals surface area contributed by atoms with E-state index in [-0.39, 0.29) is 17.5 Å². The van der Waals surface area contributed by atoms with Gasteiger partial charge in [0.25, 0.3) is 0 Å². The number of rotatable bonds is 8. The number of unbranched alkanes of at least 4 members (excludes halogenated alkanes) is 1. The van der Waals surface area contributed by atoms with Crippen LogP contribution in [0.3, 0.4) is 0 Å². The molecule has 31 heavy (non-hydrogen) atoms. The van der Waals surface area contributed by atoms with Crippen LogP contribution in [0.15, 0.2) is 17.1 Å². The Kier molecular flexibility index (Phi) is 7.87. The minimum Gasteiger partial charge on any atom is -0.450 e. The molecule has 1 aliphatic rings. The summed E-state index contributed by atoms with van der Waals surface area (Å²) in [6.07, 6.45) is 3.67. The number of fused-ring (bicyclic) bond motifs is 1. The summed E-state index contributed by atoms with van der Waals surface area (Å²) in [4.78, 5) is 26.9. The van der Waals surface area contributed by atoms with Crippen LogP contribution in [0.2, 0.25) is 5.02 Å². The minimum absolute atomic E-state index is 0.0509. The van der Waals surface area contributed by atoms with Gasteiger partial charge in [0.2, 0.25) is 5.95 Å². The molecule has 2 heterocycles. The van der Waals surface area contributed by atoms with Crippen LogP contribution < -0.4 is 16.0 Å². The molecule has 0 bridgehead atoms. The summed E-state index contributed by atoms with van der Waals surface area (Å²) in [7, 11) is 3.72. The lowest BCUT2D eigenvalue weighted by molar-refractivity contribution is 0.143. The molecule has 2 aromatic rings. The molecule has 1 aliphatic heterocycles. The fraction of sp³-hybridized carbons (Fsp3) is 0.400. The van der Waals surface area contributed by atoms with Crippen molar-refractivity contribution in [2.45, 2.75) is 31.7 Å². The van der Waals surface area contributed by atoms with Gasteiger partial charge in [-0.25, -0.2) is 14.2 Å². The van der Waals surface area contributed by atoms with Crippen molar-refractivity contribution in [2.24, 2.45) is 4.99 Å². The molecule has 0 radical (unpaired) electrons. The Morgan fingerprint density at radius 2 is 2.13 bits per heavy atom. The van der Waals surface area contributed by atoms with E-state index < -0.39 is 11.9 Å². The summed E-state index contributed by atoms with van der Waals surface area (Å²) in [5.41, 5.74) is 8.20. The maximum atomic E-state index is 13.4. The Hall–Kier alpha value is -2.21. The Balaban J connectivity index is 1.40. The highest BCUT2D eigenvalue weighted by atomic mass is 127. The van der Waals surface area contributed by atoms with Crippen molar-refractivity contribution in [3.63, 3.8) is 0 Å². The van der Waals surface area contributed by atoms with Crippen LogP contribution in [0.4, 0.5) is 26.6 Å². The molecule has 3 N–H and O–H groups in total. The Morgan fingerprint density at radius 1 is 1.35 bits per heavy atom. The highest BCUT2D eigenvalue weighted by molar-refractivity contribution is 14.1. The summed E-state index contributed by atoms with van der Waals surface area (Å²) in [6.45, 7) is 0.500. The van der Waals surface area contributed by atoms with E-state index in [4.69, 9.17) is 22.1 Å². The number of nitrogens with two attached hydrogens (primary N) is 1. The molecular weight excluding hydrogens is 538 g/mol. The number of halogens is 3. The highest BCUT2D eigenvalue weighted by Crippen LogP contribution is 2.37. The van der Waals surface area contributed by atoms with Gasteiger partial charge in [0.05, 0.1) is 17.3 Å². The number of hydrogen-bond donors (Lipinski definition) is 2. The highest BCUT2D eigenvalue weighted by Gasteiger charge is 2.24. The maximum Gasteiger partial charge on any atom is 0.407 e. The van der Waals surface area contributed by atoms with Crippen LogP contribution in [0.1, 0.15) is 36.4 Å². The molecule has 0 fully saturated rings. The summed E-state index contributed by atoms with van der Waals surface area (Å²) >= 11 is 7.83. The standard InChI is InChI=1S/C20H23ClFIN6O2/c1-29(2)19-27-16-12(10-25-17(16)18(24)28-19)5-3-4-8-31-20(30)26-9-11-6-7-13(22)14(21)15(11)23/h6-7,10,12H,3-5,8-9H2,1-2H3,(H,26,30)(H2,24,27,28). The molecule has 1 amide bonds. The van der Waals surface area contributed by atoms with Crippen LogP contribution in [-0.4, -0.2) is 43.0 Å². The molecular formula is C20H23ClFIN6O2. The normalized spacial score (nSPS) is 14.4. The number of aromatic nitrogens is 2. The first-order chi connectivity index (χ1) is 14.8. The van der Waals surface area contributed by atoms with Crippen LogP contribution in [0.25, 0.3) is 0 Å². The SMILES string of the molecule is CN(C)c1nc(N)c2c(n1)C(CCCCOC(=O)NCc1ccc(F)c(Cl)c1I)C=N2. The van der Waals surface area contributed by atoms with Gasteiger partial charge in [-0.05, 0) is 53.5 Å². The van der Waals surface area contributed by atoms with Crippen LogP contribution >= 0.6 is 34.2 Å². The molecule has 1 atom stereocenters. The van der Waals surface area contributed by atoms with Gasteiger partial charge in [-0.2, -0.15) is 4.98 Å². The van der Waals surface area contributed by atoms with Gasteiger partial charge in [0.15, 0.2) is 5.82 Å². The van der Waals surface area contributed by atoms with Crippen LogP contribution in [0, 0.1) is 9.39 Å². The molecule has 11 heteroatoms. The molecule has 0 saturated heterocycles. The number of carbonyl (C=O) groups excluding carboxylic acids is 1. The largest absolute Gasteiger partial charge is 0.450 e. The Bertz CT molecular complexity index is 1000. The third-order valence-corrected chi connectivity index (χ3v) is 6.66. The van der Waals surface area contributed by atoms with E-state index in [9.17, 15) is 9.18 Å². The van der Waals surface area contributed by atoms with Gasteiger partial charge in [-0.1, -0.05) is 17.7 Å². The van der Waals surface area contributed by atoms with Crippen LogP contribution in [-0.2, 0) is 11.3 Å². The number of nitrogens with one attached hydrogen (secondary N) is 1. The third-order valence-electron chi connectivity index (χ3n) is 4.74. The number of alkyl carbamates (subject to hydrolysis) is 1. The van der Waals surface area contributed by atoms with Gasteiger partial charge >= 0.3 is 6.09 Å².